The molecular formula is C30H48O3. The molecule has 2 N–H and O–H groups in total. The van der Waals surface area contributed by atoms with Gasteiger partial charge in [-0.05, 0) is 98.7 Å². The summed E-state index contributed by atoms with van der Waals surface area (Å²) in [7, 11) is 0. The predicted molar refractivity (Wildman–Crippen MR) is 135 cm³/mol. The molecule has 4 rings (SSSR count). The molecule has 33 heavy (non-hydrogen) atoms. The maximum atomic E-state index is 14.0. The molecule has 3 nitrogen and oxygen atoms in total. The van der Waals surface area contributed by atoms with Crippen LogP contribution < -0.4 is 0 Å². The third kappa shape index (κ3) is 3.90. The van der Waals surface area contributed by atoms with Gasteiger partial charge >= 0.3 is 0 Å². The smallest absolute Gasteiger partial charge is 0.146 e. The molecule has 4 aliphatic carbocycles. The zero-order chi connectivity index (χ0) is 24.3. The van der Waals surface area contributed by atoms with Crippen LogP contribution >= 0.6 is 0 Å². The number of aliphatic hydroxyl groups excluding tert-OH is 2. The van der Waals surface area contributed by atoms with E-state index in [2.05, 4.69) is 54.2 Å². The van der Waals surface area contributed by atoms with Crippen molar-refractivity contribution in [2.24, 2.45) is 51.8 Å². The summed E-state index contributed by atoms with van der Waals surface area (Å²) in [6, 6.07) is 0. The van der Waals surface area contributed by atoms with Gasteiger partial charge in [0, 0.05) is 17.9 Å². The summed E-state index contributed by atoms with van der Waals surface area (Å²) in [5.74, 6) is 3.11. The first-order valence-electron chi connectivity index (χ1n) is 13.6. The number of Topliss-reactive ketones (excluding diaryl/α,β-unsaturated/α-hetero) is 1. The Morgan fingerprint density at radius 3 is 2.48 bits per heavy atom. The highest BCUT2D eigenvalue weighted by Crippen LogP contribution is 2.67. The summed E-state index contributed by atoms with van der Waals surface area (Å²) in [5, 5.41) is 20.3. The van der Waals surface area contributed by atoms with Gasteiger partial charge in [0.25, 0.3) is 0 Å². The second-order valence-corrected chi connectivity index (χ2v) is 13.2. The topological polar surface area (TPSA) is 57.5 Å². The highest BCUT2D eigenvalue weighted by molar-refractivity contribution is 5.91. The summed E-state index contributed by atoms with van der Waals surface area (Å²) in [6.07, 6.45) is 9.26. The van der Waals surface area contributed by atoms with Gasteiger partial charge in [-0.1, -0.05) is 58.4 Å². The van der Waals surface area contributed by atoms with Crippen LogP contribution in [0.2, 0.25) is 0 Å². The minimum atomic E-state index is -0.393. The molecule has 3 saturated carbocycles. The zero-order valence-electron chi connectivity index (χ0n) is 22.0. The van der Waals surface area contributed by atoms with Gasteiger partial charge in [0.2, 0.25) is 0 Å². The lowest BCUT2D eigenvalue weighted by Gasteiger charge is -2.48. The fourth-order valence-electron chi connectivity index (χ4n) is 8.82. The molecule has 0 radical (unpaired) electrons. The number of fused-ring (bicyclic) bond motifs is 1. The normalized spacial score (nSPS) is 46.2. The van der Waals surface area contributed by atoms with E-state index in [9.17, 15) is 15.0 Å². The SMILES string of the molecule is C=C(C(C)C)[C@@]1(C)C[C@@H]1[C@@H](C)[C@H]1CC[C@@H]([C@@H]2CC=C3C[C@@H](O)CC[C@]3(C)C2=O)[C@]1(C)CCO. The van der Waals surface area contributed by atoms with E-state index in [0.29, 0.717) is 41.8 Å². The van der Waals surface area contributed by atoms with Crippen molar-refractivity contribution < 1.29 is 15.0 Å². The number of rotatable bonds is 7. The summed E-state index contributed by atoms with van der Waals surface area (Å²) in [4.78, 5) is 14.0. The standard InChI is InChI=1S/C30H48O3/c1-18(2)20(4)30(7)17-26(30)19(3)24-10-11-25(29(24,6)14-15-31)23-9-8-21-16-22(32)12-13-28(21,5)27(23)33/h8,18-19,22-26,31-32H,4,9-17H2,1-3,5-7H3/t19-,22-,23-,24+,25-,26+,28-,29+,30+/m0/s1. The first kappa shape index (κ1) is 25.2. The Kier molecular flexibility index (Phi) is 6.58. The number of hydrogen-bond donors (Lipinski definition) is 2. The van der Waals surface area contributed by atoms with Gasteiger partial charge in [-0.25, -0.2) is 0 Å². The van der Waals surface area contributed by atoms with E-state index in [1.165, 1.54) is 24.0 Å². The quantitative estimate of drug-likeness (QED) is 0.439. The molecule has 0 unspecified atom stereocenters. The van der Waals surface area contributed by atoms with E-state index in [0.717, 1.165) is 32.1 Å². The Morgan fingerprint density at radius 1 is 1.15 bits per heavy atom. The van der Waals surface area contributed by atoms with Gasteiger partial charge in [-0.3, -0.25) is 4.79 Å². The largest absolute Gasteiger partial charge is 0.396 e. The van der Waals surface area contributed by atoms with Gasteiger partial charge in [-0.15, -0.1) is 0 Å². The van der Waals surface area contributed by atoms with Crippen LogP contribution in [0, 0.1) is 51.8 Å². The lowest BCUT2D eigenvalue weighted by Crippen LogP contribution is -2.47. The van der Waals surface area contributed by atoms with Gasteiger partial charge in [0.05, 0.1) is 6.10 Å². The summed E-state index contributed by atoms with van der Waals surface area (Å²) < 4.78 is 0. The van der Waals surface area contributed by atoms with Crippen molar-refractivity contribution in [3.05, 3.63) is 23.8 Å². The number of ketones is 1. The molecule has 0 amide bonds. The van der Waals surface area contributed by atoms with Gasteiger partial charge in [-0.2, -0.15) is 0 Å². The number of hydrogen-bond acceptors (Lipinski definition) is 3. The van der Waals surface area contributed by atoms with Gasteiger partial charge in [0.15, 0.2) is 0 Å². The second-order valence-electron chi connectivity index (χ2n) is 13.2. The van der Waals surface area contributed by atoms with Crippen LogP contribution in [-0.2, 0) is 4.79 Å². The average molecular weight is 457 g/mol. The van der Waals surface area contributed by atoms with Crippen molar-refractivity contribution in [3.63, 3.8) is 0 Å². The van der Waals surface area contributed by atoms with E-state index in [-0.39, 0.29) is 29.5 Å². The molecule has 0 spiro atoms. The Hall–Kier alpha value is -0.930. The van der Waals surface area contributed by atoms with Crippen LogP contribution in [0.3, 0.4) is 0 Å². The lowest BCUT2D eigenvalue weighted by molar-refractivity contribution is -0.136. The summed E-state index contributed by atoms with van der Waals surface area (Å²) in [5.41, 5.74) is 2.42. The molecule has 0 bridgehead atoms. The van der Waals surface area contributed by atoms with Crippen LogP contribution in [-0.4, -0.2) is 28.7 Å². The van der Waals surface area contributed by atoms with E-state index in [1.807, 2.05) is 0 Å². The highest BCUT2D eigenvalue weighted by atomic mass is 16.3. The second kappa shape index (κ2) is 8.63. The maximum absolute atomic E-state index is 14.0. The van der Waals surface area contributed by atoms with E-state index in [1.54, 1.807) is 0 Å². The Bertz CT molecular complexity index is 826. The molecule has 186 valence electrons. The van der Waals surface area contributed by atoms with E-state index >= 15 is 0 Å². The molecule has 0 heterocycles. The van der Waals surface area contributed by atoms with Crippen LogP contribution in [0.25, 0.3) is 0 Å². The first-order valence-corrected chi connectivity index (χ1v) is 13.6. The van der Waals surface area contributed by atoms with Crippen LogP contribution in [0.15, 0.2) is 23.8 Å². The van der Waals surface area contributed by atoms with Crippen LogP contribution in [0.5, 0.6) is 0 Å². The fourth-order valence-corrected chi connectivity index (χ4v) is 8.82. The summed E-state index contributed by atoms with van der Waals surface area (Å²) >= 11 is 0. The predicted octanol–water partition coefficient (Wildman–Crippen LogP) is 6.34. The molecule has 0 saturated heterocycles. The Balaban J connectivity index is 1.57. The van der Waals surface area contributed by atoms with Crippen molar-refractivity contribution in [1.82, 2.24) is 0 Å². The molecule has 3 heteroatoms. The average Bonchev–Trinajstić information content (AvgIpc) is 3.34. The van der Waals surface area contributed by atoms with Crippen molar-refractivity contribution >= 4 is 5.78 Å². The minimum absolute atomic E-state index is 0.00690. The first-order chi connectivity index (χ1) is 15.4. The zero-order valence-corrected chi connectivity index (χ0v) is 22.0. The molecule has 0 aromatic carbocycles. The van der Waals surface area contributed by atoms with E-state index < -0.39 is 5.41 Å². The maximum Gasteiger partial charge on any atom is 0.146 e. The fraction of sp³-hybridized carbons (Fsp3) is 0.833. The minimum Gasteiger partial charge on any atom is -0.396 e. The number of carbonyl (C=O) groups is 1. The Morgan fingerprint density at radius 2 is 1.85 bits per heavy atom. The van der Waals surface area contributed by atoms with Crippen molar-refractivity contribution in [2.75, 3.05) is 6.61 Å². The molecular weight excluding hydrogens is 408 g/mol. The molecule has 9 atom stereocenters. The van der Waals surface area contributed by atoms with Crippen molar-refractivity contribution in [2.45, 2.75) is 99.0 Å². The van der Waals surface area contributed by atoms with Gasteiger partial charge in [0.1, 0.15) is 5.78 Å². The molecule has 4 aliphatic rings. The van der Waals surface area contributed by atoms with Crippen LogP contribution in [0.4, 0.5) is 0 Å². The molecule has 0 aromatic heterocycles. The summed E-state index contributed by atoms with van der Waals surface area (Å²) in [6.45, 7) is 18.5. The van der Waals surface area contributed by atoms with Crippen LogP contribution in [0.1, 0.15) is 92.9 Å². The Labute approximate surface area is 202 Å². The van der Waals surface area contributed by atoms with Gasteiger partial charge < -0.3 is 10.2 Å². The number of aliphatic hydroxyl groups is 2. The lowest BCUT2D eigenvalue weighted by atomic mass is 9.55. The molecule has 3 fully saturated rings. The molecule has 0 aliphatic heterocycles. The third-order valence-corrected chi connectivity index (χ3v) is 11.3. The van der Waals surface area contributed by atoms with Crippen molar-refractivity contribution in [1.29, 1.82) is 0 Å². The molecule has 0 aromatic rings. The monoisotopic (exact) mass is 456 g/mol. The highest BCUT2D eigenvalue weighted by Gasteiger charge is 2.61. The van der Waals surface area contributed by atoms with E-state index in [4.69, 9.17) is 0 Å². The number of carbonyl (C=O) groups excluding carboxylic acids is 1. The van der Waals surface area contributed by atoms with Crippen molar-refractivity contribution in [3.8, 4) is 0 Å². The number of allylic oxidation sites excluding steroid dienone is 2. The third-order valence-electron chi connectivity index (χ3n) is 11.3.